The summed E-state index contributed by atoms with van der Waals surface area (Å²) in [5.74, 6) is -1.05. The standard InChI is InChI=1S/C9H8O2.C9H10O.C9H8O.C8H8O4.C8H10O3.C8H8O3/c10-9(11)7-6-8-4-2-1-3-5-8;2*10-8-4-7-9-5-2-1-3-6-9;1-12-7-4-5(8(10)11)2-3-6(7)9;2*1-11-8-4-6(5-9)2-3-7(8)10/h1-7H,(H,10,11);1-7,10H,8H2;1-8H;2-4,9H,1H3,(H,10,11);2-4,9-10H,5H2,1H3;2-5,10H,1H3/b7-6+;2*7-4+;;;. The minimum Gasteiger partial charge on any atom is -0.504 e. The number of carboxylic acids is 2. The fraction of sp³-hybridized carbons (Fsp3) is 0.0980. The number of rotatable bonds is 12. The normalized spacial score (nSPS) is 9.80. The summed E-state index contributed by atoms with van der Waals surface area (Å²) in [7, 11) is 4.26. The molecule has 7 N–H and O–H groups in total. The van der Waals surface area contributed by atoms with Gasteiger partial charge in [-0.3, -0.25) is 9.59 Å². The number of carbonyl (C=O) groups is 4. The van der Waals surface area contributed by atoms with Crippen LogP contribution in [0.5, 0.6) is 34.5 Å². The third-order valence-electron chi connectivity index (χ3n) is 7.79. The lowest BCUT2D eigenvalue weighted by Crippen LogP contribution is -1.96. The second-order valence-electron chi connectivity index (χ2n) is 12.4. The number of hydrogen-bond acceptors (Lipinski definition) is 12. The van der Waals surface area contributed by atoms with Gasteiger partial charge in [0.25, 0.3) is 0 Å². The monoisotopic (exact) mass is 888 g/mol. The molecule has 0 heterocycles. The highest BCUT2D eigenvalue weighted by Gasteiger charge is 2.07. The van der Waals surface area contributed by atoms with Crippen molar-refractivity contribution < 1.29 is 69.1 Å². The number of ether oxygens (including phenoxy) is 3. The average molecular weight is 889 g/mol. The van der Waals surface area contributed by atoms with Gasteiger partial charge in [0.1, 0.15) is 12.6 Å². The lowest BCUT2D eigenvalue weighted by atomic mass is 10.2. The number of benzene rings is 6. The molecule has 0 aliphatic rings. The number of phenols is 3. The van der Waals surface area contributed by atoms with Crippen molar-refractivity contribution >= 4 is 42.7 Å². The molecule has 0 fully saturated rings. The number of aliphatic hydroxyl groups excluding tert-OH is 2. The highest BCUT2D eigenvalue weighted by atomic mass is 16.5. The molecule has 0 aliphatic heterocycles. The molecule has 0 atom stereocenters. The lowest BCUT2D eigenvalue weighted by Gasteiger charge is -2.03. The van der Waals surface area contributed by atoms with Crippen molar-refractivity contribution in [3.05, 3.63) is 197 Å². The number of aliphatic hydroxyl groups is 2. The van der Waals surface area contributed by atoms with Gasteiger partial charge in [0.2, 0.25) is 0 Å². The van der Waals surface area contributed by atoms with Crippen LogP contribution in [0, 0.1) is 0 Å². The van der Waals surface area contributed by atoms with Crippen molar-refractivity contribution in [1.29, 1.82) is 0 Å². The van der Waals surface area contributed by atoms with Crippen LogP contribution in [-0.2, 0) is 16.2 Å². The molecule has 6 aromatic carbocycles. The number of aromatic hydroxyl groups is 3. The number of carbonyl (C=O) groups excluding carboxylic acids is 2. The summed E-state index contributed by atoms with van der Waals surface area (Å²) in [5, 5.41) is 61.3. The number of phenolic OH excluding ortho intramolecular Hbond substituents is 3. The predicted molar refractivity (Wildman–Crippen MR) is 249 cm³/mol. The van der Waals surface area contributed by atoms with Crippen molar-refractivity contribution in [1.82, 2.24) is 0 Å². The number of aldehydes is 2. The molecule has 14 heteroatoms. The third kappa shape index (κ3) is 23.9. The van der Waals surface area contributed by atoms with Crippen molar-refractivity contribution in [2.75, 3.05) is 27.9 Å². The summed E-state index contributed by atoms with van der Waals surface area (Å²) in [6.07, 6.45) is 11.0. The molecule has 6 aromatic rings. The summed E-state index contributed by atoms with van der Waals surface area (Å²) < 4.78 is 14.3. The second kappa shape index (κ2) is 33.2. The van der Waals surface area contributed by atoms with E-state index < -0.39 is 11.9 Å². The Morgan fingerprint density at radius 1 is 0.523 bits per heavy atom. The zero-order valence-electron chi connectivity index (χ0n) is 35.9. The van der Waals surface area contributed by atoms with Gasteiger partial charge in [-0.05, 0) is 82.9 Å². The Morgan fingerprint density at radius 3 is 1.40 bits per heavy atom. The van der Waals surface area contributed by atoms with Gasteiger partial charge in [-0.25, -0.2) is 9.59 Å². The van der Waals surface area contributed by atoms with Crippen LogP contribution in [0.2, 0.25) is 0 Å². The maximum absolute atomic E-state index is 10.4. The highest BCUT2D eigenvalue weighted by molar-refractivity contribution is 5.88. The molecule has 340 valence electrons. The van der Waals surface area contributed by atoms with Crippen molar-refractivity contribution in [3.63, 3.8) is 0 Å². The summed E-state index contributed by atoms with van der Waals surface area (Å²) in [5.41, 5.74) is 4.37. The summed E-state index contributed by atoms with van der Waals surface area (Å²) in [6.45, 7) is 0.0610. The van der Waals surface area contributed by atoms with E-state index in [1.165, 1.54) is 69.9 Å². The van der Waals surface area contributed by atoms with Gasteiger partial charge in [-0.1, -0.05) is 115 Å². The first-order valence-electron chi connectivity index (χ1n) is 19.2. The van der Waals surface area contributed by atoms with E-state index in [2.05, 4.69) is 0 Å². The molecule has 0 saturated heterocycles. The molecule has 6 rings (SSSR count). The Hall–Kier alpha value is -8.46. The van der Waals surface area contributed by atoms with Crippen molar-refractivity contribution in [3.8, 4) is 34.5 Å². The molecule has 65 heavy (non-hydrogen) atoms. The molecule has 0 bridgehead atoms. The zero-order chi connectivity index (χ0) is 48.2. The quantitative estimate of drug-likeness (QED) is 0.0450. The first-order valence-corrected chi connectivity index (χ1v) is 19.2. The Balaban J connectivity index is 0.000000390. The molecule has 0 aromatic heterocycles. The van der Waals surface area contributed by atoms with Crippen molar-refractivity contribution in [2.24, 2.45) is 0 Å². The Kier molecular flexibility index (Phi) is 27.9. The number of methoxy groups -OCH3 is 3. The van der Waals surface area contributed by atoms with Crippen LogP contribution in [0.1, 0.15) is 43.0 Å². The van der Waals surface area contributed by atoms with Gasteiger partial charge < -0.3 is 50.0 Å². The number of allylic oxidation sites excluding steroid dienone is 1. The first kappa shape index (κ1) is 54.6. The predicted octanol–water partition coefficient (Wildman–Crippen LogP) is 8.58. The van der Waals surface area contributed by atoms with E-state index in [0.29, 0.717) is 23.3 Å². The largest absolute Gasteiger partial charge is 0.504 e. The second-order valence-corrected chi connectivity index (χ2v) is 12.4. The number of aromatic carboxylic acids is 1. The zero-order valence-corrected chi connectivity index (χ0v) is 35.9. The number of hydrogen-bond donors (Lipinski definition) is 7. The molecule has 14 nitrogen and oxygen atoms in total. The smallest absolute Gasteiger partial charge is 0.335 e. The molecule has 0 spiro atoms. The fourth-order valence-electron chi connectivity index (χ4n) is 4.60. The Bertz CT molecular complexity index is 2380. The van der Waals surface area contributed by atoms with E-state index in [0.717, 1.165) is 34.6 Å². The van der Waals surface area contributed by atoms with E-state index >= 15 is 0 Å². The van der Waals surface area contributed by atoms with Crippen molar-refractivity contribution in [2.45, 2.75) is 6.61 Å². The molecule has 0 aliphatic carbocycles. The summed E-state index contributed by atoms with van der Waals surface area (Å²) >= 11 is 0. The molecule has 0 saturated carbocycles. The number of aliphatic carboxylic acids is 1. The fourth-order valence-corrected chi connectivity index (χ4v) is 4.60. The van der Waals surface area contributed by atoms with E-state index in [1.807, 2.05) is 97.1 Å². The Morgan fingerprint density at radius 2 is 0.969 bits per heavy atom. The highest BCUT2D eigenvalue weighted by Crippen LogP contribution is 2.27. The van der Waals surface area contributed by atoms with Crippen LogP contribution in [0.15, 0.2) is 164 Å². The maximum atomic E-state index is 10.4. The molecular weight excluding hydrogens is 837 g/mol. The minimum atomic E-state index is -1.05. The van der Waals surface area contributed by atoms with Crippen LogP contribution >= 0.6 is 0 Å². The average Bonchev–Trinajstić information content (AvgIpc) is 3.34. The maximum Gasteiger partial charge on any atom is 0.335 e. The van der Waals surface area contributed by atoms with E-state index in [9.17, 15) is 19.2 Å². The summed E-state index contributed by atoms with van der Waals surface area (Å²) in [4.78, 5) is 40.7. The Labute approximate surface area is 377 Å². The molecule has 0 radical (unpaired) electrons. The van der Waals surface area contributed by atoms with Crippen LogP contribution in [0.4, 0.5) is 0 Å². The lowest BCUT2D eigenvalue weighted by molar-refractivity contribution is -0.131. The van der Waals surface area contributed by atoms with Gasteiger partial charge in [0.15, 0.2) is 34.5 Å². The van der Waals surface area contributed by atoms with E-state index in [4.69, 9.17) is 50.0 Å². The topological polar surface area (TPSA) is 238 Å². The van der Waals surface area contributed by atoms with Gasteiger partial charge in [0, 0.05) is 11.6 Å². The SMILES string of the molecule is COc1cc(C(=O)O)ccc1O.COc1cc(C=O)ccc1O.COc1cc(CO)ccc1O.O=C(O)/C=C/c1ccccc1.O=C/C=C/c1ccccc1.OC/C=C/c1ccccc1. The van der Waals surface area contributed by atoms with Gasteiger partial charge >= 0.3 is 11.9 Å². The number of carboxylic acid groups (broad SMARTS) is 2. The van der Waals surface area contributed by atoms with Crippen LogP contribution in [-0.4, -0.2) is 88.2 Å². The summed E-state index contributed by atoms with van der Waals surface area (Å²) in [6, 6.07) is 41.9. The van der Waals surface area contributed by atoms with E-state index in [1.54, 1.807) is 30.4 Å². The van der Waals surface area contributed by atoms with Crippen LogP contribution in [0.25, 0.3) is 18.2 Å². The van der Waals surface area contributed by atoms with Crippen LogP contribution < -0.4 is 14.2 Å². The van der Waals surface area contributed by atoms with Crippen LogP contribution in [0.3, 0.4) is 0 Å². The molecule has 0 unspecified atom stereocenters. The van der Waals surface area contributed by atoms with Gasteiger partial charge in [0.05, 0.1) is 40.1 Å². The van der Waals surface area contributed by atoms with Gasteiger partial charge in [-0.15, -0.1) is 0 Å². The third-order valence-corrected chi connectivity index (χ3v) is 7.79. The molecular formula is C51H52O14. The minimum absolute atomic E-state index is 0.0399. The molecule has 0 amide bonds. The van der Waals surface area contributed by atoms with Gasteiger partial charge in [-0.2, -0.15) is 0 Å². The first-order chi connectivity index (χ1) is 31.3. The van der Waals surface area contributed by atoms with E-state index in [-0.39, 0.29) is 41.8 Å².